The summed E-state index contributed by atoms with van der Waals surface area (Å²) in [7, 11) is 0. The number of rotatable bonds is 12. The van der Waals surface area contributed by atoms with E-state index in [4.69, 9.17) is 0 Å². The first-order valence-corrected chi connectivity index (χ1v) is 10.5. The Kier molecular flexibility index (Phi) is 8.71. The Bertz CT molecular complexity index is 720. The van der Waals surface area contributed by atoms with Crippen LogP contribution in [-0.2, 0) is 0 Å². The minimum Gasteiger partial charge on any atom is -0.507 e. The van der Waals surface area contributed by atoms with Crippen LogP contribution in [0.4, 0.5) is 0 Å². The highest BCUT2D eigenvalue weighted by Gasteiger charge is 2.33. The lowest BCUT2D eigenvalue weighted by atomic mass is 9.85. The van der Waals surface area contributed by atoms with Crippen molar-refractivity contribution in [1.82, 2.24) is 0 Å². The predicted molar refractivity (Wildman–Crippen MR) is 109 cm³/mol. The number of phenolic OH excluding ortho intramolecular Hbond substituents is 2. The van der Waals surface area contributed by atoms with E-state index >= 15 is 0 Å². The van der Waals surface area contributed by atoms with Crippen molar-refractivity contribution >= 4 is 11.6 Å². The topological polar surface area (TPSA) is 94.8 Å². The molecule has 1 atom stereocenters. The van der Waals surface area contributed by atoms with Gasteiger partial charge in [-0.05, 0) is 24.6 Å². The summed E-state index contributed by atoms with van der Waals surface area (Å²) in [4.78, 5) is 24.9. The Labute approximate surface area is 167 Å². The molecule has 0 heterocycles. The molecule has 0 bridgehead atoms. The first-order chi connectivity index (χ1) is 13.5. The number of benzene rings is 1. The molecule has 1 aliphatic carbocycles. The maximum atomic E-state index is 12.6. The van der Waals surface area contributed by atoms with Crippen LogP contribution in [0.1, 0.15) is 98.3 Å². The average molecular weight is 389 g/mol. The highest BCUT2D eigenvalue weighted by molar-refractivity contribution is 6.26. The third-order valence-electron chi connectivity index (χ3n) is 5.37. The van der Waals surface area contributed by atoms with E-state index in [-0.39, 0.29) is 28.2 Å². The summed E-state index contributed by atoms with van der Waals surface area (Å²) in [6.45, 7) is 2.21. The average Bonchev–Trinajstić information content (AvgIpc) is 2.67. The van der Waals surface area contributed by atoms with Gasteiger partial charge in [-0.3, -0.25) is 9.59 Å². The molecule has 1 aromatic rings. The van der Waals surface area contributed by atoms with Gasteiger partial charge in [0, 0.05) is 5.57 Å². The summed E-state index contributed by atoms with van der Waals surface area (Å²) in [6, 6.07) is 2.36. The minimum atomic E-state index is -1.04. The molecule has 0 spiro atoms. The van der Waals surface area contributed by atoms with Gasteiger partial charge in [0.1, 0.15) is 11.5 Å². The molecule has 3 N–H and O–H groups in total. The van der Waals surface area contributed by atoms with Gasteiger partial charge in [-0.25, -0.2) is 0 Å². The number of allylic oxidation sites excluding steroid dienone is 1. The van der Waals surface area contributed by atoms with Crippen LogP contribution in [0.3, 0.4) is 0 Å². The van der Waals surface area contributed by atoms with Gasteiger partial charge in [0.15, 0.2) is 11.6 Å². The molecule has 5 heteroatoms. The van der Waals surface area contributed by atoms with Crippen molar-refractivity contribution in [2.24, 2.45) is 0 Å². The van der Waals surface area contributed by atoms with Gasteiger partial charge in [0.2, 0.25) is 0 Å². The number of aliphatic hydroxyl groups excluding tert-OH is 1. The highest BCUT2D eigenvalue weighted by atomic mass is 16.3. The standard InChI is InChI=1S/C23H32O5/c1-2-3-4-5-6-7-8-9-10-11-12-17(24)16-15-20(27)21-18(25)13-14-19(26)22(21)23(16)28/h13-15,17,24-26H,2-12H2,1H3. The van der Waals surface area contributed by atoms with E-state index in [1.807, 2.05) is 0 Å². The van der Waals surface area contributed by atoms with Gasteiger partial charge >= 0.3 is 0 Å². The quantitative estimate of drug-likeness (QED) is 0.343. The van der Waals surface area contributed by atoms with E-state index < -0.39 is 17.7 Å². The van der Waals surface area contributed by atoms with E-state index in [0.717, 1.165) is 25.3 Å². The molecule has 1 aliphatic rings. The van der Waals surface area contributed by atoms with Crippen LogP contribution in [0, 0.1) is 0 Å². The van der Waals surface area contributed by atoms with Crippen LogP contribution in [0.5, 0.6) is 11.5 Å². The molecule has 0 aliphatic heterocycles. The maximum Gasteiger partial charge on any atom is 0.196 e. The Morgan fingerprint density at radius 3 is 1.86 bits per heavy atom. The maximum absolute atomic E-state index is 12.6. The Balaban J connectivity index is 1.78. The third-order valence-corrected chi connectivity index (χ3v) is 5.37. The number of hydrogen-bond donors (Lipinski definition) is 3. The number of carbonyl (C=O) groups is 2. The van der Waals surface area contributed by atoms with Gasteiger partial charge in [0.25, 0.3) is 0 Å². The van der Waals surface area contributed by atoms with Gasteiger partial charge in [-0.2, -0.15) is 0 Å². The molecular weight excluding hydrogens is 356 g/mol. The molecular formula is C23H32O5. The molecule has 1 aromatic carbocycles. The van der Waals surface area contributed by atoms with Crippen LogP contribution < -0.4 is 0 Å². The summed E-state index contributed by atoms with van der Waals surface area (Å²) in [5, 5.41) is 30.1. The number of aliphatic hydroxyl groups is 1. The smallest absolute Gasteiger partial charge is 0.196 e. The molecule has 5 nitrogen and oxygen atoms in total. The lowest BCUT2D eigenvalue weighted by Crippen LogP contribution is -2.25. The molecule has 2 rings (SSSR count). The minimum absolute atomic E-state index is 0.00526. The number of aromatic hydroxyl groups is 2. The number of Topliss-reactive ketones (excluding diaryl/α,β-unsaturated/α-hetero) is 1. The van der Waals surface area contributed by atoms with Crippen LogP contribution in [-0.4, -0.2) is 33.0 Å². The summed E-state index contributed by atoms with van der Waals surface area (Å²) >= 11 is 0. The van der Waals surface area contributed by atoms with Crippen molar-refractivity contribution in [2.45, 2.75) is 83.7 Å². The molecule has 0 radical (unpaired) electrons. The van der Waals surface area contributed by atoms with E-state index in [1.165, 1.54) is 57.1 Å². The zero-order valence-electron chi connectivity index (χ0n) is 16.7. The summed E-state index contributed by atoms with van der Waals surface area (Å²) in [5.74, 6) is -1.86. The summed E-state index contributed by atoms with van der Waals surface area (Å²) in [5.41, 5.74) is -0.418. The second kappa shape index (κ2) is 11.0. The fraction of sp³-hybridized carbons (Fsp3) is 0.565. The fourth-order valence-corrected chi connectivity index (χ4v) is 3.71. The predicted octanol–water partition coefficient (Wildman–Crippen LogP) is 5.08. The van der Waals surface area contributed by atoms with Crippen LogP contribution in [0.2, 0.25) is 0 Å². The molecule has 0 aromatic heterocycles. The Morgan fingerprint density at radius 1 is 0.786 bits per heavy atom. The molecule has 0 amide bonds. The van der Waals surface area contributed by atoms with Crippen molar-refractivity contribution in [3.05, 3.63) is 34.9 Å². The molecule has 28 heavy (non-hydrogen) atoms. The fourth-order valence-electron chi connectivity index (χ4n) is 3.71. The number of fused-ring (bicyclic) bond motifs is 1. The van der Waals surface area contributed by atoms with Crippen LogP contribution in [0.25, 0.3) is 0 Å². The van der Waals surface area contributed by atoms with Gasteiger partial charge in [-0.15, -0.1) is 0 Å². The number of ketones is 2. The normalized spacial score (nSPS) is 14.7. The molecule has 0 saturated heterocycles. The zero-order chi connectivity index (χ0) is 20.5. The first kappa shape index (κ1) is 22.2. The van der Waals surface area contributed by atoms with E-state index in [1.54, 1.807) is 0 Å². The van der Waals surface area contributed by atoms with Crippen molar-refractivity contribution in [3.8, 4) is 11.5 Å². The van der Waals surface area contributed by atoms with Gasteiger partial charge < -0.3 is 15.3 Å². The van der Waals surface area contributed by atoms with E-state index in [2.05, 4.69) is 6.92 Å². The molecule has 0 fully saturated rings. The number of phenols is 2. The highest BCUT2D eigenvalue weighted by Crippen LogP contribution is 2.35. The number of hydrogen-bond acceptors (Lipinski definition) is 5. The number of unbranched alkanes of at least 4 members (excludes halogenated alkanes) is 9. The lowest BCUT2D eigenvalue weighted by Gasteiger charge is -2.20. The van der Waals surface area contributed by atoms with Crippen molar-refractivity contribution in [1.29, 1.82) is 0 Å². The molecule has 1 unspecified atom stereocenters. The Hall–Kier alpha value is -2.14. The Morgan fingerprint density at radius 2 is 1.29 bits per heavy atom. The zero-order valence-corrected chi connectivity index (χ0v) is 16.7. The molecule has 154 valence electrons. The van der Waals surface area contributed by atoms with E-state index in [9.17, 15) is 24.9 Å². The second-order valence-corrected chi connectivity index (χ2v) is 7.63. The van der Waals surface area contributed by atoms with E-state index in [0.29, 0.717) is 6.42 Å². The van der Waals surface area contributed by atoms with Crippen molar-refractivity contribution < 1.29 is 24.9 Å². The van der Waals surface area contributed by atoms with Crippen molar-refractivity contribution in [2.75, 3.05) is 0 Å². The SMILES string of the molecule is CCCCCCCCCCCCC(O)C1=CC(=O)c2c(O)ccc(O)c2C1=O. The third kappa shape index (κ3) is 5.68. The monoisotopic (exact) mass is 388 g/mol. The van der Waals surface area contributed by atoms with Gasteiger partial charge in [0.05, 0.1) is 17.2 Å². The van der Waals surface area contributed by atoms with Crippen LogP contribution in [0.15, 0.2) is 23.8 Å². The first-order valence-electron chi connectivity index (χ1n) is 10.5. The summed E-state index contributed by atoms with van der Waals surface area (Å²) < 4.78 is 0. The second-order valence-electron chi connectivity index (χ2n) is 7.63. The number of carbonyl (C=O) groups excluding carboxylic acids is 2. The van der Waals surface area contributed by atoms with Crippen LogP contribution >= 0.6 is 0 Å². The largest absolute Gasteiger partial charge is 0.507 e. The van der Waals surface area contributed by atoms with Crippen molar-refractivity contribution in [3.63, 3.8) is 0 Å². The molecule has 0 saturated carbocycles. The summed E-state index contributed by atoms with van der Waals surface area (Å²) in [6.07, 6.45) is 12.2. The lowest BCUT2D eigenvalue weighted by molar-refractivity contribution is 0.0936. The van der Waals surface area contributed by atoms with Gasteiger partial charge in [-0.1, -0.05) is 71.1 Å².